The predicted octanol–water partition coefficient (Wildman–Crippen LogP) is -0.224. The molecule has 4 amide bonds. The maximum absolute atomic E-state index is 11.0. The highest BCUT2D eigenvalue weighted by molar-refractivity contribution is 5.81. The van der Waals surface area contributed by atoms with Crippen LogP contribution in [0.25, 0.3) is 0 Å². The molecule has 16 heavy (non-hydrogen) atoms. The predicted molar refractivity (Wildman–Crippen MR) is 54.9 cm³/mol. The van der Waals surface area contributed by atoms with Crippen LogP contribution < -0.4 is 21.7 Å². The number of nitrogens with one attached hydrogen (secondary N) is 4. The van der Waals surface area contributed by atoms with Crippen LogP contribution >= 0.6 is 0 Å². The molecule has 92 valence electrons. The lowest BCUT2D eigenvalue weighted by Crippen LogP contribution is -2.52. The molecule has 0 fully saturated rings. The van der Waals surface area contributed by atoms with E-state index in [-0.39, 0.29) is 0 Å². The Morgan fingerprint density at radius 1 is 0.938 bits per heavy atom. The molecule has 0 aliphatic rings. The van der Waals surface area contributed by atoms with Gasteiger partial charge < -0.3 is 4.74 Å². The first-order valence-corrected chi connectivity index (χ1v) is 4.52. The number of carbonyl (C=O) groups is 3. The number of rotatable bonds is 0. The van der Waals surface area contributed by atoms with E-state index in [1.54, 1.807) is 20.8 Å². The molecular formula is C8H16N4O4. The van der Waals surface area contributed by atoms with Gasteiger partial charge in [-0.15, -0.1) is 0 Å². The molecule has 0 saturated heterocycles. The Labute approximate surface area is 93.0 Å². The second kappa shape index (κ2) is 5.79. The largest absolute Gasteiger partial charge is 0.443 e. The highest BCUT2D eigenvalue weighted by Gasteiger charge is 2.16. The molecule has 4 N–H and O–H groups in total. The number of hydrazine groups is 2. The van der Waals surface area contributed by atoms with Gasteiger partial charge >= 0.3 is 12.1 Å². The van der Waals surface area contributed by atoms with Crippen molar-refractivity contribution in [3.8, 4) is 0 Å². The summed E-state index contributed by atoms with van der Waals surface area (Å²) in [5, 5.41) is 0. The van der Waals surface area contributed by atoms with Crippen LogP contribution in [-0.2, 0) is 9.53 Å². The Morgan fingerprint density at radius 3 is 1.88 bits per heavy atom. The third-order valence-corrected chi connectivity index (χ3v) is 1.03. The third kappa shape index (κ3) is 8.60. The van der Waals surface area contributed by atoms with Crippen molar-refractivity contribution in [2.24, 2.45) is 0 Å². The van der Waals surface area contributed by atoms with E-state index in [0.29, 0.717) is 0 Å². The fourth-order valence-corrected chi connectivity index (χ4v) is 0.587. The lowest BCUT2D eigenvalue weighted by atomic mass is 10.2. The van der Waals surface area contributed by atoms with Crippen LogP contribution in [0.4, 0.5) is 9.59 Å². The van der Waals surface area contributed by atoms with Gasteiger partial charge in [0.25, 0.3) is 0 Å². The van der Waals surface area contributed by atoms with Gasteiger partial charge in [0.05, 0.1) is 0 Å². The van der Waals surface area contributed by atoms with Gasteiger partial charge in [0, 0.05) is 6.92 Å². The molecule has 0 spiro atoms. The van der Waals surface area contributed by atoms with Crippen LogP contribution in [-0.4, -0.2) is 23.6 Å². The zero-order valence-corrected chi connectivity index (χ0v) is 9.63. The molecule has 0 atom stereocenters. The third-order valence-electron chi connectivity index (χ3n) is 1.03. The van der Waals surface area contributed by atoms with Crippen LogP contribution in [0.5, 0.6) is 0 Å². The smallest absolute Gasteiger partial charge is 0.426 e. The summed E-state index contributed by atoms with van der Waals surface area (Å²) in [6.07, 6.45) is -0.800. The molecule has 0 aromatic carbocycles. The van der Waals surface area contributed by atoms with E-state index >= 15 is 0 Å². The summed E-state index contributed by atoms with van der Waals surface area (Å²) in [5.41, 5.74) is 7.31. The van der Waals surface area contributed by atoms with E-state index in [2.05, 4.69) is 0 Å². The molecule has 0 aromatic heterocycles. The fraction of sp³-hybridized carbons (Fsp3) is 0.625. The van der Waals surface area contributed by atoms with Gasteiger partial charge in [-0.25, -0.2) is 25.9 Å². The van der Waals surface area contributed by atoms with Crippen LogP contribution in [0.2, 0.25) is 0 Å². The summed E-state index contributed by atoms with van der Waals surface area (Å²) < 4.78 is 4.83. The standard InChI is InChI=1S/C8H16N4O4/c1-5(13)9-10-6(14)11-12-7(15)16-8(2,3)4/h1-4H3,(H,9,13)(H,12,15)(H2,10,11,14). The second-order valence-electron chi connectivity index (χ2n) is 3.89. The summed E-state index contributed by atoms with van der Waals surface area (Å²) >= 11 is 0. The molecule has 0 rings (SSSR count). The maximum atomic E-state index is 11.0. The average molecular weight is 232 g/mol. The van der Waals surface area contributed by atoms with Crippen molar-refractivity contribution in [1.29, 1.82) is 0 Å². The number of ether oxygens (including phenoxy) is 1. The van der Waals surface area contributed by atoms with E-state index in [4.69, 9.17) is 4.74 Å². The SMILES string of the molecule is CC(=O)NNC(=O)NNC(=O)OC(C)(C)C. The van der Waals surface area contributed by atoms with Crippen molar-refractivity contribution < 1.29 is 19.1 Å². The lowest BCUT2D eigenvalue weighted by Gasteiger charge is -2.19. The Morgan fingerprint density at radius 2 is 1.44 bits per heavy atom. The van der Waals surface area contributed by atoms with Crippen molar-refractivity contribution >= 4 is 18.0 Å². The summed E-state index contributed by atoms with van der Waals surface area (Å²) in [4.78, 5) is 32.4. The molecule has 0 unspecified atom stereocenters. The maximum Gasteiger partial charge on any atom is 0.426 e. The second-order valence-corrected chi connectivity index (χ2v) is 3.89. The summed E-state index contributed by atoms with van der Waals surface area (Å²) in [6, 6.07) is -0.791. The van der Waals surface area contributed by atoms with Crippen molar-refractivity contribution in [3.05, 3.63) is 0 Å². The van der Waals surface area contributed by atoms with Crippen LogP contribution in [0.15, 0.2) is 0 Å². The van der Waals surface area contributed by atoms with Gasteiger partial charge in [0.1, 0.15) is 5.60 Å². The molecule has 0 radical (unpaired) electrons. The molecule has 0 aromatic rings. The van der Waals surface area contributed by atoms with Gasteiger partial charge in [-0.3, -0.25) is 10.2 Å². The number of urea groups is 1. The van der Waals surface area contributed by atoms with Crippen molar-refractivity contribution in [2.45, 2.75) is 33.3 Å². The normalized spacial score (nSPS) is 10.0. The molecular weight excluding hydrogens is 216 g/mol. The summed E-state index contributed by atoms with van der Waals surface area (Å²) in [7, 11) is 0. The zero-order chi connectivity index (χ0) is 12.8. The van der Waals surface area contributed by atoms with E-state index < -0.39 is 23.6 Å². The highest BCUT2D eigenvalue weighted by atomic mass is 16.6. The molecule has 0 saturated carbocycles. The molecule has 0 heterocycles. The molecule has 0 bridgehead atoms. The Bertz CT molecular complexity index is 284. The van der Waals surface area contributed by atoms with Gasteiger partial charge in [0.2, 0.25) is 5.91 Å². The monoisotopic (exact) mass is 232 g/mol. The summed E-state index contributed by atoms with van der Waals surface area (Å²) in [6.45, 7) is 6.28. The first-order valence-electron chi connectivity index (χ1n) is 4.52. The van der Waals surface area contributed by atoms with Crippen molar-refractivity contribution in [1.82, 2.24) is 21.7 Å². The average Bonchev–Trinajstić information content (AvgIpc) is 2.08. The minimum atomic E-state index is -0.800. The topological polar surface area (TPSA) is 109 Å². The molecule has 8 heteroatoms. The first-order chi connectivity index (χ1) is 7.20. The van der Waals surface area contributed by atoms with Gasteiger partial charge in [-0.2, -0.15) is 0 Å². The minimum Gasteiger partial charge on any atom is -0.443 e. The quantitative estimate of drug-likeness (QED) is 0.433. The minimum absolute atomic E-state index is 0.438. The zero-order valence-electron chi connectivity index (χ0n) is 9.63. The van der Waals surface area contributed by atoms with E-state index in [1.807, 2.05) is 21.7 Å². The van der Waals surface area contributed by atoms with Gasteiger partial charge in [-0.1, -0.05) is 0 Å². The number of hydrogen-bond acceptors (Lipinski definition) is 4. The molecule has 0 aliphatic heterocycles. The molecule has 8 nitrogen and oxygen atoms in total. The van der Waals surface area contributed by atoms with Crippen molar-refractivity contribution in [2.75, 3.05) is 0 Å². The Hall–Kier alpha value is -1.99. The van der Waals surface area contributed by atoms with Crippen LogP contribution in [0, 0.1) is 0 Å². The van der Waals surface area contributed by atoms with Crippen molar-refractivity contribution in [3.63, 3.8) is 0 Å². The Balaban J connectivity index is 3.76. The highest BCUT2D eigenvalue weighted by Crippen LogP contribution is 2.05. The van der Waals surface area contributed by atoms with Crippen LogP contribution in [0.3, 0.4) is 0 Å². The van der Waals surface area contributed by atoms with E-state index in [0.717, 1.165) is 0 Å². The molecule has 0 aliphatic carbocycles. The number of amides is 4. The van der Waals surface area contributed by atoms with E-state index in [1.165, 1.54) is 6.92 Å². The van der Waals surface area contributed by atoms with Gasteiger partial charge in [0.15, 0.2) is 0 Å². The number of carbonyl (C=O) groups excluding carboxylic acids is 3. The van der Waals surface area contributed by atoms with Gasteiger partial charge in [-0.05, 0) is 20.8 Å². The first kappa shape index (κ1) is 14.0. The van der Waals surface area contributed by atoms with E-state index in [9.17, 15) is 14.4 Å². The van der Waals surface area contributed by atoms with Crippen LogP contribution in [0.1, 0.15) is 27.7 Å². The lowest BCUT2D eigenvalue weighted by molar-refractivity contribution is -0.119. The summed E-state index contributed by atoms with van der Waals surface area (Å²) in [5.74, 6) is -0.438. The fourth-order valence-electron chi connectivity index (χ4n) is 0.587. The number of hydrogen-bond donors (Lipinski definition) is 4. The Kier molecular flexibility index (Phi) is 5.07.